The summed E-state index contributed by atoms with van der Waals surface area (Å²) in [7, 11) is 0. The van der Waals surface area contributed by atoms with Crippen LogP contribution in [0.25, 0.3) is 11.4 Å². The van der Waals surface area contributed by atoms with Crippen molar-refractivity contribution in [2.24, 2.45) is 0 Å². The molecule has 0 radical (unpaired) electrons. The van der Waals surface area contributed by atoms with E-state index >= 15 is 0 Å². The van der Waals surface area contributed by atoms with E-state index in [1.807, 2.05) is 28.8 Å². The van der Waals surface area contributed by atoms with Crippen LogP contribution in [-0.2, 0) is 6.54 Å². The number of aryl methyl sites for hydroxylation is 1. The van der Waals surface area contributed by atoms with Crippen molar-refractivity contribution >= 4 is 15.9 Å². The van der Waals surface area contributed by atoms with Gasteiger partial charge in [-0.05, 0) is 13.0 Å². The first-order valence-corrected chi connectivity index (χ1v) is 5.25. The van der Waals surface area contributed by atoms with Crippen LogP contribution in [0, 0.1) is 0 Å². The smallest absolute Gasteiger partial charge is 0.164 e. The van der Waals surface area contributed by atoms with Crippen LogP contribution in [0.15, 0.2) is 35.1 Å². The molecule has 14 heavy (non-hydrogen) atoms. The van der Waals surface area contributed by atoms with Gasteiger partial charge >= 0.3 is 0 Å². The molecule has 0 unspecified atom stereocenters. The van der Waals surface area contributed by atoms with Crippen LogP contribution in [0.5, 0.6) is 0 Å². The molecule has 0 aliphatic carbocycles. The average molecular weight is 252 g/mol. The quantitative estimate of drug-likeness (QED) is 0.822. The molecule has 0 spiro atoms. The second kappa shape index (κ2) is 3.92. The molecule has 0 saturated carbocycles. The van der Waals surface area contributed by atoms with Gasteiger partial charge in [0.2, 0.25) is 0 Å². The lowest BCUT2D eigenvalue weighted by Crippen LogP contribution is -1.96. The summed E-state index contributed by atoms with van der Waals surface area (Å²) < 4.78 is 3.06. The van der Waals surface area contributed by atoms with E-state index in [0.29, 0.717) is 0 Å². The van der Waals surface area contributed by atoms with Crippen molar-refractivity contribution in [3.63, 3.8) is 0 Å². The Balaban J connectivity index is 2.54. The molecule has 2 aromatic rings. The Kier molecular flexibility index (Phi) is 2.63. The van der Waals surface area contributed by atoms with E-state index in [0.717, 1.165) is 22.4 Å². The molecule has 0 atom stereocenters. The summed E-state index contributed by atoms with van der Waals surface area (Å²) in [6, 6.07) is 8.01. The summed E-state index contributed by atoms with van der Waals surface area (Å²) >= 11 is 3.50. The van der Waals surface area contributed by atoms with Gasteiger partial charge in [0.15, 0.2) is 5.82 Å². The number of halogens is 1. The molecule has 0 N–H and O–H groups in total. The van der Waals surface area contributed by atoms with Crippen LogP contribution in [-0.4, -0.2) is 14.8 Å². The monoisotopic (exact) mass is 251 g/mol. The van der Waals surface area contributed by atoms with Crippen molar-refractivity contribution in [2.45, 2.75) is 13.5 Å². The van der Waals surface area contributed by atoms with Crippen molar-refractivity contribution in [1.29, 1.82) is 0 Å². The molecule has 0 saturated heterocycles. The predicted octanol–water partition coefficient (Wildman–Crippen LogP) is 2.73. The zero-order valence-corrected chi connectivity index (χ0v) is 9.40. The first kappa shape index (κ1) is 9.40. The topological polar surface area (TPSA) is 30.7 Å². The molecular weight excluding hydrogens is 242 g/mol. The van der Waals surface area contributed by atoms with Crippen molar-refractivity contribution < 1.29 is 0 Å². The Morgan fingerprint density at radius 1 is 1.36 bits per heavy atom. The Labute approximate surface area is 90.9 Å². The van der Waals surface area contributed by atoms with Gasteiger partial charge in [-0.15, -0.1) is 10.2 Å². The number of rotatable bonds is 2. The lowest BCUT2D eigenvalue weighted by molar-refractivity contribution is 0.766. The van der Waals surface area contributed by atoms with E-state index in [-0.39, 0.29) is 0 Å². The lowest BCUT2D eigenvalue weighted by Gasteiger charge is -2.04. The lowest BCUT2D eigenvalue weighted by atomic mass is 10.2. The minimum absolute atomic E-state index is 0.879. The maximum absolute atomic E-state index is 4.10. The normalized spacial score (nSPS) is 10.4. The zero-order valence-electron chi connectivity index (χ0n) is 7.81. The summed E-state index contributed by atoms with van der Waals surface area (Å²) in [5.74, 6) is 0.903. The summed E-state index contributed by atoms with van der Waals surface area (Å²) in [4.78, 5) is 0. The largest absolute Gasteiger partial charge is 0.314 e. The van der Waals surface area contributed by atoms with Crippen LogP contribution in [0.1, 0.15) is 6.92 Å². The maximum atomic E-state index is 4.10. The van der Waals surface area contributed by atoms with Gasteiger partial charge in [-0.2, -0.15) is 0 Å². The molecular formula is C10H10BrN3. The number of hydrogen-bond donors (Lipinski definition) is 0. The van der Waals surface area contributed by atoms with E-state index in [1.165, 1.54) is 0 Å². The molecule has 1 heterocycles. The zero-order chi connectivity index (χ0) is 9.97. The molecule has 1 aromatic heterocycles. The van der Waals surface area contributed by atoms with Crippen LogP contribution >= 0.6 is 15.9 Å². The van der Waals surface area contributed by atoms with E-state index in [4.69, 9.17) is 0 Å². The molecule has 0 fully saturated rings. The first-order valence-electron chi connectivity index (χ1n) is 4.45. The van der Waals surface area contributed by atoms with Crippen LogP contribution in [0.3, 0.4) is 0 Å². The SMILES string of the molecule is CCn1cnnc1-c1ccccc1Br. The third-order valence-electron chi connectivity index (χ3n) is 2.07. The second-order valence-corrected chi connectivity index (χ2v) is 3.77. The average Bonchev–Trinajstić information content (AvgIpc) is 2.66. The highest BCUT2D eigenvalue weighted by molar-refractivity contribution is 9.10. The minimum Gasteiger partial charge on any atom is -0.314 e. The fraction of sp³-hybridized carbons (Fsp3) is 0.200. The van der Waals surface area contributed by atoms with Crippen LogP contribution in [0.4, 0.5) is 0 Å². The summed E-state index contributed by atoms with van der Waals surface area (Å²) in [5, 5.41) is 8.00. The number of hydrogen-bond acceptors (Lipinski definition) is 2. The molecule has 3 nitrogen and oxygen atoms in total. The number of benzene rings is 1. The molecule has 1 aromatic carbocycles. The molecule has 0 bridgehead atoms. The fourth-order valence-electron chi connectivity index (χ4n) is 1.34. The summed E-state index contributed by atoms with van der Waals surface area (Å²) in [6.07, 6.45) is 1.74. The van der Waals surface area contributed by atoms with Gasteiger partial charge in [-0.1, -0.05) is 34.1 Å². The highest BCUT2D eigenvalue weighted by Crippen LogP contribution is 2.25. The van der Waals surface area contributed by atoms with E-state index in [1.54, 1.807) is 6.33 Å². The molecule has 0 aliphatic heterocycles. The third-order valence-corrected chi connectivity index (χ3v) is 2.76. The van der Waals surface area contributed by atoms with Crippen LogP contribution in [0.2, 0.25) is 0 Å². The minimum atomic E-state index is 0.879. The molecule has 4 heteroatoms. The van der Waals surface area contributed by atoms with Crippen molar-refractivity contribution in [3.8, 4) is 11.4 Å². The fourth-order valence-corrected chi connectivity index (χ4v) is 1.80. The highest BCUT2D eigenvalue weighted by Gasteiger charge is 2.08. The van der Waals surface area contributed by atoms with Gasteiger partial charge in [-0.25, -0.2) is 0 Å². The van der Waals surface area contributed by atoms with Gasteiger partial charge in [0.1, 0.15) is 6.33 Å². The van der Waals surface area contributed by atoms with Gasteiger partial charge in [0.05, 0.1) is 0 Å². The number of nitrogens with zero attached hydrogens (tertiary/aromatic N) is 3. The Morgan fingerprint density at radius 3 is 2.86 bits per heavy atom. The maximum Gasteiger partial charge on any atom is 0.164 e. The molecule has 0 aliphatic rings. The van der Waals surface area contributed by atoms with Crippen molar-refractivity contribution in [2.75, 3.05) is 0 Å². The van der Waals surface area contributed by atoms with E-state index in [2.05, 4.69) is 33.1 Å². The Morgan fingerprint density at radius 2 is 2.14 bits per heavy atom. The van der Waals surface area contributed by atoms with Gasteiger partial charge < -0.3 is 4.57 Å². The second-order valence-electron chi connectivity index (χ2n) is 2.92. The van der Waals surface area contributed by atoms with E-state index < -0.39 is 0 Å². The van der Waals surface area contributed by atoms with Gasteiger partial charge in [-0.3, -0.25) is 0 Å². The van der Waals surface area contributed by atoms with Crippen molar-refractivity contribution in [3.05, 3.63) is 35.1 Å². The summed E-state index contributed by atoms with van der Waals surface area (Å²) in [5.41, 5.74) is 1.08. The molecule has 0 amide bonds. The van der Waals surface area contributed by atoms with Gasteiger partial charge in [0.25, 0.3) is 0 Å². The predicted molar refractivity (Wildman–Crippen MR) is 58.8 cm³/mol. The van der Waals surface area contributed by atoms with E-state index in [9.17, 15) is 0 Å². The molecule has 2 rings (SSSR count). The van der Waals surface area contributed by atoms with Crippen LogP contribution < -0.4 is 0 Å². The first-order chi connectivity index (χ1) is 6.83. The highest BCUT2D eigenvalue weighted by atomic mass is 79.9. The standard InChI is InChI=1S/C10H10BrN3/c1-2-14-7-12-13-10(14)8-5-3-4-6-9(8)11/h3-7H,2H2,1H3. The summed E-state index contributed by atoms with van der Waals surface area (Å²) in [6.45, 7) is 2.95. The Hall–Kier alpha value is -1.16. The molecule has 72 valence electrons. The third kappa shape index (κ3) is 1.57. The van der Waals surface area contributed by atoms with Crippen molar-refractivity contribution in [1.82, 2.24) is 14.8 Å². The Bertz CT molecular complexity index is 436. The van der Waals surface area contributed by atoms with Gasteiger partial charge in [0, 0.05) is 16.6 Å². The number of aromatic nitrogens is 3.